The summed E-state index contributed by atoms with van der Waals surface area (Å²) >= 11 is 0. The zero-order chi connectivity index (χ0) is 17.2. The summed E-state index contributed by atoms with van der Waals surface area (Å²) in [4.78, 5) is 3.91. The molecule has 2 aliphatic heterocycles. The number of nitrogens with zero attached hydrogens (tertiary/aromatic N) is 2. The van der Waals surface area contributed by atoms with E-state index in [4.69, 9.17) is 9.47 Å². The predicted octanol–water partition coefficient (Wildman–Crippen LogP) is 1.82. The molecule has 0 aliphatic carbocycles. The van der Waals surface area contributed by atoms with Gasteiger partial charge in [-0.1, -0.05) is 0 Å². The fourth-order valence-corrected chi connectivity index (χ4v) is 4.77. The van der Waals surface area contributed by atoms with Crippen molar-refractivity contribution >= 4 is 10.0 Å². The Labute approximate surface area is 142 Å². The number of rotatable bonds is 5. The first-order valence-electron chi connectivity index (χ1n) is 8.30. The van der Waals surface area contributed by atoms with Crippen LogP contribution in [0, 0.1) is 11.2 Å². The van der Waals surface area contributed by atoms with Gasteiger partial charge < -0.3 is 9.47 Å². The molecule has 3 rings (SSSR count). The molecule has 0 saturated carbocycles. The molecule has 2 unspecified atom stereocenters. The molecular formula is C16H23FN2O4S. The zero-order valence-electron chi connectivity index (χ0n) is 13.8. The monoisotopic (exact) mass is 358 g/mol. The van der Waals surface area contributed by atoms with Crippen LogP contribution in [-0.2, 0) is 14.8 Å². The van der Waals surface area contributed by atoms with Crippen LogP contribution in [0.5, 0.6) is 5.88 Å². The summed E-state index contributed by atoms with van der Waals surface area (Å²) in [6.45, 7) is 3.32. The number of ether oxygens (including phenoxy) is 2. The maximum atomic E-state index is 13.8. The van der Waals surface area contributed by atoms with Crippen LogP contribution in [0.1, 0.15) is 26.2 Å². The van der Waals surface area contributed by atoms with Crippen molar-refractivity contribution in [3.05, 3.63) is 24.1 Å². The van der Waals surface area contributed by atoms with Gasteiger partial charge in [-0.05, 0) is 38.3 Å². The predicted molar refractivity (Wildman–Crippen MR) is 86.7 cm³/mol. The van der Waals surface area contributed by atoms with Crippen molar-refractivity contribution in [2.45, 2.75) is 32.3 Å². The first-order chi connectivity index (χ1) is 11.5. The Kier molecular flexibility index (Phi) is 5.08. The van der Waals surface area contributed by atoms with Gasteiger partial charge in [0.15, 0.2) is 5.82 Å². The number of hydrogen-bond acceptors (Lipinski definition) is 5. The minimum atomic E-state index is -3.27. The van der Waals surface area contributed by atoms with Crippen molar-refractivity contribution in [3.63, 3.8) is 0 Å². The van der Waals surface area contributed by atoms with E-state index in [1.54, 1.807) is 6.92 Å². The molecular weight excluding hydrogens is 335 g/mol. The van der Waals surface area contributed by atoms with E-state index in [-0.39, 0.29) is 24.3 Å². The first-order valence-corrected chi connectivity index (χ1v) is 9.90. The molecule has 8 heteroatoms. The molecule has 6 nitrogen and oxygen atoms in total. The lowest BCUT2D eigenvalue weighted by molar-refractivity contribution is -0.128. The van der Waals surface area contributed by atoms with E-state index < -0.39 is 21.3 Å². The highest BCUT2D eigenvalue weighted by Gasteiger charge is 2.48. The Bertz CT molecular complexity index is 684. The molecule has 0 aromatic carbocycles. The normalized spacial score (nSPS) is 28.3. The third kappa shape index (κ3) is 3.41. The van der Waals surface area contributed by atoms with Gasteiger partial charge in [0.25, 0.3) is 0 Å². The summed E-state index contributed by atoms with van der Waals surface area (Å²) in [6.07, 6.45) is 3.67. The highest BCUT2D eigenvalue weighted by molar-refractivity contribution is 7.89. The molecule has 2 saturated heterocycles. The summed E-state index contributed by atoms with van der Waals surface area (Å²) in [5.74, 6) is -0.493. The number of hydrogen-bond donors (Lipinski definition) is 0. The summed E-state index contributed by atoms with van der Waals surface area (Å²) in [5, 5.41) is 0. The second-order valence-electron chi connectivity index (χ2n) is 6.43. The average molecular weight is 358 g/mol. The SMILES string of the molecule is CCS(=O)(=O)N1CCC2OCCCC2(COc2ncccc2F)C1. The number of piperidine rings is 1. The van der Waals surface area contributed by atoms with Gasteiger partial charge in [0.05, 0.1) is 18.5 Å². The number of pyridine rings is 1. The van der Waals surface area contributed by atoms with E-state index in [0.717, 1.165) is 12.8 Å². The van der Waals surface area contributed by atoms with E-state index in [0.29, 0.717) is 26.1 Å². The molecule has 2 fully saturated rings. The van der Waals surface area contributed by atoms with Crippen LogP contribution >= 0.6 is 0 Å². The maximum absolute atomic E-state index is 13.8. The largest absolute Gasteiger partial charge is 0.475 e. The molecule has 0 bridgehead atoms. The minimum absolute atomic E-state index is 0.0494. The molecule has 0 radical (unpaired) electrons. The lowest BCUT2D eigenvalue weighted by Crippen LogP contribution is -2.58. The molecule has 134 valence electrons. The standard InChI is InChI=1S/C16H23FN2O4S/c1-2-24(20,21)19-9-6-14-16(11-19,7-4-10-22-14)12-23-15-13(17)5-3-8-18-15/h3,5,8,14H,2,4,6-7,9-12H2,1H3. The van der Waals surface area contributed by atoms with E-state index in [2.05, 4.69) is 4.98 Å². The van der Waals surface area contributed by atoms with Crippen molar-refractivity contribution in [1.82, 2.24) is 9.29 Å². The fraction of sp³-hybridized carbons (Fsp3) is 0.688. The molecule has 3 heterocycles. The van der Waals surface area contributed by atoms with Crippen LogP contribution in [0.2, 0.25) is 0 Å². The fourth-order valence-electron chi connectivity index (χ4n) is 3.57. The lowest BCUT2D eigenvalue weighted by Gasteiger charge is -2.49. The van der Waals surface area contributed by atoms with Crippen molar-refractivity contribution in [1.29, 1.82) is 0 Å². The summed E-state index contributed by atoms with van der Waals surface area (Å²) < 4.78 is 51.4. The van der Waals surface area contributed by atoms with Crippen molar-refractivity contribution in [3.8, 4) is 5.88 Å². The molecule has 24 heavy (non-hydrogen) atoms. The first kappa shape index (κ1) is 17.6. The molecule has 2 atom stereocenters. The Hall–Kier alpha value is -1.25. The van der Waals surface area contributed by atoms with Gasteiger partial charge in [-0.15, -0.1) is 0 Å². The Morgan fingerprint density at radius 2 is 2.38 bits per heavy atom. The molecule has 0 N–H and O–H groups in total. The Balaban J connectivity index is 1.80. The number of fused-ring (bicyclic) bond motifs is 1. The molecule has 0 amide bonds. The van der Waals surface area contributed by atoms with Gasteiger partial charge in [0, 0.05) is 31.3 Å². The highest BCUT2D eigenvalue weighted by Crippen LogP contribution is 2.41. The zero-order valence-corrected chi connectivity index (χ0v) is 14.6. The van der Waals surface area contributed by atoms with Crippen molar-refractivity contribution in [2.75, 3.05) is 32.1 Å². The Morgan fingerprint density at radius 1 is 1.54 bits per heavy atom. The van der Waals surface area contributed by atoms with Gasteiger partial charge in [-0.2, -0.15) is 0 Å². The highest BCUT2D eigenvalue weighted by atomic mass is 32.2. The second kappa shape index (κ2) is 6.93. The van der Waals surface area contributed by atoms with Crippen LogP contribution in [0.3, 0.4) is 0 Å². The number of aromatic nitrogens is 1. The summed E-state index contributed by atoms with van der Waals surface area (Å²) in [7, 11) is -3.27. The van der Waals surface area contributed by atoms with Crippen LogP contribution in [0.25, 0.3) is 0 Å². The smallest absolute Gasteiger partial charge is 0.250 e. The van der Waals surface area contributed by atoms with Gasteiger partial charge in [-0.25, -0.2) is 22.1 Å². The van der Waals surface area contributed by atoms with E-state index in [1.807, 2.05) is 0 Å². The number of halogens is 1. The quantitative estimate of drug-likeness (QED) is 0.803. The lowest BCUT2D eigenvalue weighted by atomic mass is 9.73. The van der Waals surface area contributed by atoms with Gasteiger partial charge in [-0.3, -0.25) is 0 Å². The van der Waals surface area contributed by atoms with Crippen LogP contribution in [0.15, 0.2) is 18.3 Å². The van der Waals surface area contributed by atoms with Gasteiger partial charge >= 0.3 is 0 Å². The third-order valence-electron chi connectivity index (χ3n) is 4.93. The van der Waals surface area contributed by atoms with E-state index >= 15 is 0 Å². The minimum Gasteiger partial charge on any atom is -0.475 e. The van der Waals surface area contributed by atoms with Gasteiger partial charge in [0.2, 0.25) is 15.9 Å². The Morgan fingerprint density at radius 3 is 3.12 bits per heavy atom. The van der Waals surface area contributed by atoms with E-state index in [9.17, 15) is 12.8 Å². The van der Waals surface area contributed by atoms with Crippen molar-refractivity contribution < 1.29 is 22.3 Å². The topological polar surface area (TPSA) is 68.7 Å². The van der Waals surface area contributed by atoms with Crippen LogP contribution in [0.4, 0.5) is 4.39 Å². The second-order valence-corrected chi connectivity index (χ2v) is 8.68. The summed E-state index contributed by atoms with van der Waals surface area (Å²) in [6, 6.07) is 2.80. The molecule has 0 spiro atoms. The molecule has 1 aromatic rings. The summed E-state index contributed by atoms with van der Waals surface area (Å²) in [5.41, 5.74) is -0.456. The maximum Gasteiger partial charge on any atom is 0.250 e. The molecule has 1 aromatic heterocycles. The number of sulfonamides is 1. The average Bonchev–Trinajstić information content (AvgIpc) is 2.60. The van der Waals surface area contributed by atoms with Crippen LogP contribution in [-0.4, -0.2) is 55.9 Å². The van der Waals surface area contributed by atoms with Crippen LogP contribution < -0.4 is 4.74 Å². The van der Waals surface area contributed by atoms with E-state index in [1.165, 1.54) is 22.6 Å². The van der Waals surface area contributed by atoms with Crippen molar-refractivity contribution in [2.24, 2.45) is 5.41 Å². The van der Waals surface area contributed by atoms with Gasteiger partial charge in [0.1, 0.15) is 0 Å². The third-order valence-corrected chi connectivity index (χ3v) is 6.76. The molecule has 2 aliphatic rings.